The van der Waals surface area contributed by atoms with Crippen molar-refractivity contribution in [2.24, 2.45) is 0 Å². The zero-order valence-corrected chi connectivity index (χ0v) is 15.2. The monoisotopic (exact) mass is 388 g/mol. The van der Waals surface area contributed by atoms with Crippen molar-refractivity contribution in [3.8, 4) is 17.2 Å². The average molecular weight is 388 g/mol. The van der Waals surface area contributed by atoms with Crippen LogP contribution in [-0.4, -0.2) is 56.1 Å². The van der Waals surface area contributed by atoms with Crippen LogP contribution in [0.5, 0.6) is 17.2 Å². The number of hydrogen-bond acceptors (Lipinski definition) is 5. The number of carbonyl (C=O) groups is 1. The number of hydrogen-bond donors (Lipinski definition) is 1. The van der Waals surface area contributed by atoms with Gasteiger partial charge in [-0.05, 0) is 11.6 Å². The molecule has 2 aliphatic heterocycles. The lowest BCUT2D eigenvalue weighted by Crippen LogP contribution is -2.48. The molecule has 0 amide bonds. The Morgan fingerprint density at radius 3 is 2.74 bits per heavy atom. The third-order valence-electron chi connectivity index (χ3n) is 5.06. The van der Waals surface area contributed by atoms with Crippen LogP contribution in [-0.2, 0) is 11.2 Å². The minimum atomic E-state index is -4.95. The molecule has 3 rings (SSSR count). The topological polar surface area (TPSA) is 65.0 Å². The largest absolute Gasteiger partial charge is 0.504 e. The molecule has 0 unspecified atom stereocenters. The molecule has 6 nitrogen and oxygen atoms in total. The van der Waals surface area contributed by atoms with E-state index in [-0.39, 0.29) is 19.3 Å². The molecule has 0 fully saturated rings. The number of aliphatic hydroxyl groups is 1. The first-order chi connectivity index (χ1) is 12.5. The van der Waals surface area contributed by atoms with Gasteiger partial charge in [-0.2, -0.15) is 13.2 Å². The van der Waals surface area contributed by atoms with Crippen LogP contribution in [0.15, 0.2) is 17.9 Å². The molecule has 9 heteroatoms. The number of aliphatic hydroxyl groups excluding tert-OH is 1. The summed E-state index contributed by atoms with van der Waals surface area (Å²) in [5, 5.41) is 9.09. The summed E-state index contributed by atoms with van der Waals surface area (Å²) in [4.78, 5) is 12.3. The molecule has 0 aliphatic carbocycles. The van der Waals surface area contributed by atoms with Crippen molar-refractivity contribution in [3.05, 3.63) is 29.0 Å². The van der Waals surface area contributed by atoms with Gasteiger partial charge in [-0.1, -0.05) is 0 Å². The van der Waals surface area contributed by atoms with Crippen LogP contribution in [0.2, 0.25) is 0 Å². The highest BCUT2D eigenvalue weighted by Gasteiger charge is 2.42. The molecule has 2 heterocycles. The quantitative estimate of drug-likeness (QED) is 0.488. The second-order valence-electron chi connectivity index (χ2n) is 7.18. The fraction of sp³-hybridized carbons (Fsp3) is 0.500. The van der Waals surface area contributed by atoms with Crippen LogP contribution in [0, 0.1) is 0 Å². The molecule has 1 N–H and O–H groups in total. The van der Waals surface area contributed by atoms with E-state index in [0.29, 0.717) is 34.7 Å². The van der Waals surface area contributed by atoms with Gasteiger partial charge in [0.05, 0.1) is 39.7 Å². The van der Waals surface area contributed by atoms with Crippen LogP contribution in [0.4, 0.5) is 13.2 Å². The summed E-state index contributed by atoms with van der Waals surface area (Å²) in [5.74, 6) is -1.28. The average Bonchev–Trinajstić information content (AvgIpc) is 3.02. The Morgan fingerprint density at radius 2 is 2.11 bits per heavy atom. The third kappa shape index (κ3) is 3.55. The van der Waals surface area contributed by atoms with Crippen LogP contribution in [0.3, 0.4) is 0 Å². The number of ether oxygens (including phenoxy) is 3. The minimum absolute atomic E-state index is 0.0542. The highest BCUT2D eigenvalue weighted by molar-refractivity contribution is 5.90. The Hall–Kier alpha value is -2.42. The lowest BCUT2D eigenvalue weighted by Gasteiger charge is -2.43. The Kier molecular flexibility index (Phi) is 4.75. The number of ketones is 1. The van der Waals surface area contributed by atoms with Crippen LogP contribution in [0.25, 0.3) is 0 Å². The van der Waals surface area contributed by atoms with Crippen molar-refractivity contribution < 1.29 is 41.8 Å². The number of halogens is 3. The van der Waals surface area contributed by atoms with E-state index in [4.69, 9.17) is 19.3 Å². The molecule has 0 aromatic heterocycles. The standard InChI is InChI=1S/C18H20F3NO5/c1-22(2)5-4-10-6-13-16(27-9-26-13)17(25-3)15(10)12(22)7-11(23)8-14(24)18(19,20)21/h6,8,12H,4-5,7,9H2,1-3H3/p+1/t12-/m0/s1. The molecule has 1 atom stereocenters. The van der Waals surface area contributed by atoms with E-state index in [0.717, 1.165) is 11.1 Å². The summed E-state index contributed by atoms with van der Waals surface area (Å²) in [6.07, 6.45) is -4.22. The Labute approximate surface area is 154 Å². The molecule has 1 aromatic carbocycles. The number of rotatable bonds is 4. The number of allylic oxidation sites excluding steroid dienone is 2. The molecule has 0 spiro atoms. The van der Waals surface area contributed by atoms with E-state index in [9.17, 15) is 18.0 Å². The van der Waals surface area contributed by atoms with Gasteiger partial charge < -0.3 is 23.8 Å². The summed E-state index contributed by atoms with van der Waals surface area (Å²) in [6.45, 7) is 0.737. The van der Waals surface area contributed by atoms with E-state index in [2.05, 4.69) is 0 Å². The molecule has 27 heavy (non-hydrogen) atoms. The predicted octanol–water partition coefficient (Wildman–Crippen LogP) is 3.06. The van der Waals surface area contributed by atoms with Crippen LogP contribution < -0.4 is 14.2 Å². The second kappa shape index (κ2) is 6.63. The van der Waals surface area contributed by atoms with E-state index in [1.165, 1.54) is 7.11 Å². The molecule has 0 bridgehead atoms. The van der Waals surface area contributed by atoms with E-state index in [1.54, 1.807) is 0 Å². The van der Waals surface area contributed by atoms with Gasteiger partial charge in [-0.25, -0.2) is 0 Å². The predicted molar refractivity (Wildman–Crippen MR) is 88.9 cm³/mol. The van der Waals surface area contributed by atoms with Gasteiger partial charge in [0.2, 0.25) is 18.3 Å². The molecule has 0 saturated heterocycles. The Balaban J connectivity index is 2.02. The number of nitrogens with zero attached hydrogens (tertiary/aromatic N) is 1. The number of likely N-dealkylation sites (N-methyl/N-ethyl adjacent to an activating group) is 1. The summed E-state index contributed by atoms with van der Waals surface area (Å²) in [6, 6.07) is 1.38. The summed E-state index contributed by atoms with van der Waals surface area (Å²) < 4.78 is 54.4. The number of benzene rings is 1. The first-order valence-electron chi connectivity index (χ1n) is 8.37. The van der Waals surface area contributed by atoms with Crippen molar-refractivity contribution >= 4 is 5.78 Å². The van der Waals surface area contributed by atoms with Crippen molar-refractivity contribution in [2.75, 3.05) is 34.5 Å². The zero-order chi connectivity index (χ0) is 20.0. The number of alkyl halides is 3. The number of methoxy groups -OCH3 is 1. The third-order valence-corrected chi connectivity index (χ3v) is 5.06. The van der Waals surface area contributed by atoms with Crippen molar-refractivity contribution in [1.29, 1.82) is 0 Å². The summed E-state index contributed by atoms with van der Waals surface area (Å²) in [5.41, 5.74) is 1.64. The highest BCUT2D eigenvalue weighted by atomic mass is 19.4. The Morgan fingerprint density at radius 1 is 1.41 bits per heavy atom. The molecular formula is C18H21F3NO5+. The van der Waals surface area contributed by atoms with Gasteiger partial charge >= 0.3 is 6.18 Å². The maximum absolute atomic E-state index is 12.5. The fourth-order valence-electron chi connectivity index (χ4n) is 3.60. The van der Waals surface area contributed by atoms with Gasteiger partial charge in [0, 0.05) is 12.5 Å². The maximum atomic E-state index is 12.5. The van der Waals surface area contributed by atoms with Gasteiger partial charge in [-0.3, -0.25) is 4.79 Å². The first-order valence-corrected chi connectivity index (χ1v) is 8.37. The van der Waals surface area contributed by atoms with Gasteiger partial charge in [0.15, 0.2) is 17.3 Å². The molecule has 2 aliphatic rings. The normalized spacial score (nSPS) is 21.0. The van der Waals surface area contributed by atoms with E-state index >= 15 is 0 Å². The SMILES string of the molecule is COc1c2c(cc3c1[C@H](CC(=O)/C=C(/O)C(F)(F)F)[N+](C)(C)CC3)OCO2. The van der Waals surface area contributed by atoms with Crippen molar-refractivity contribution in [2.45, 2.75) is 25.1 Å². The summed E-state index contributed by atoms with van der Waals surface area (Å²) >= 11 is 0. The maximum Gasteiger partial charge on any atom is 0.448 e. The van der Waals surface area contributed by atoms with Gasteiger partial charge in [0.25, 0.3) is 0 Å². The van der Waals surface area contributed by atoms with Gasteiger partial charge in [0.1, 0.15) is 6.04 Å². The van der Waals surface area contributed by atoms with E-state index in [1.807, 2.05) is 20.2 Å². The lowest BCUT2D eigenvalue weighted by molar-refractivity contribution is -0.922. The molecule has 1 aromatic rings. The molecular weight excluding hydrogens is 367 g/mol. The van der Waals surface area contributed by atoms with E-state index < -0.39 is 23.8 Å². The van der Waals surface area contributed by atoms with Crippen LogP contribution >= 0.6 is 0 Å². The van der Waals surface area contributed by atoms with Crippen molar-refractivity contribution in [3.63, 3.8) is 0 Å². The zero-order valence-electron chi connectivity index (χ0n) is 15.2. The smallest absolute Gasteiger partial charge is 0.448 e. The first kappa shape index (κ1) is 19.3. The minimum Gasteiger partial charge on any atom is -0.504 e. The number of fused-ring (bicyclic) bond motifs is 2. The molecule has 0 radical (unpaired) electrons. The van der Waals surface area contributed by atoms with Crippen LogP contribution in [0.1, 0.15) is 23.6 Å². The molecule has 0 saturated carbocycles. The van der Waals surface area contributed by atoms with Crippen molar-refractivity contribution in [1.82, 2.24) is 0 Å². The lowest BCUT2D eigenvalue weighted by atomic mass is 9.86. The second-order valence-corrected chi connectivity index (χ2v) is 7.18. The van der Waals surface area contributed by atoms with Gasteiger partial charge in [-0.15, -0.1) is 0 Å². The number of carbonyl (C=O) groups excluding carboxylic acids is 1. The fourth-order valence-corrected chi connectivity index (χ4v) is 3.60. The Bertz CT molecular complexity index is 801. The summed E-state index contributed by atoms with van der Waals surface area (Å²) in [7, 11) is 5.27. The highest BCUT2D eigenvalue weighted by Crippen LogP contribution is 2.51. The molecule has 148 valence electrons. The number of quaternary nitrogens is 1.